The van der Waals surface area contributed by atoms with Gasteiger partial charge in [0, 0.05) is 43.1 Å². The average molecular weight is 331 g/mol. The van der Waals surface area contributed by atoms with E-state index in [1.807, 2.05) is 13.0 Å². The number of pyridine rings is 1. The molecule has 5 nitrogen and oxygen atoms in total. The highest BCUT2D eigenvalue weighted by Gasteiger charge is 2.31. The summed E-state index contributed by atoms with van der Waals surface area (Å²) in [6.45, 7) is 3.97. The molecular formula is C19H29N3O2. The molecule has 3 rings (SSSR count). The number of aromatic nitrogens is 1. The number of likely N-dealkylation sites (tertiary alicyclic amines) is 1. The predicted octanol–water partition coefficient (Wildman–Crippen LogP) is 2.14. The zero-order valence-electron chi connectivity index (χ0n) is 14.6. The molecule has 2 fully saturated rings. The third-order valence-electron chi connectivity index (χ3n) is 5.56. The third kappa shape index (κ3) is 3.95. The molecule has 0 radical (unpaired) electrons. The van der Waals surface area contributed by atoms with Crippen molar-refractivity contribution in [2.45, 2.75) is 70.1 Å². The summed E-state index contributed by atoms with van der Waals surface area (Å²) < 4.78 is 0. The predicted molar refractivity (Wildman–Crippen MR) is 93.9 cm³/mol. The maximum absolute atomic E-state index is 12.5. The van der Waals surface area contributed by atoms with Gasteiger partial charge in [0.15, 0.2) is 0 Å². The van der Waals surface area contributed by atoms with Crippen molar-refractivity contribution in [3.8, 4) is 0 Å². The van der Waals surface area contributed by atoms with Gasteiger partial charge in [-0.15, -0.1) is 0 Å². The lowest BCUT2D eigenvalue weighted by Crippen LogP contribution is -2.52. The van der Waals surface area contributed by atoms with Crippen LogP contribution in [0.5, 0.6) is 0 Å². The second-order valence-electron chi connectivity index (χ2n) is 7.09. The Morgan fingerprint density at radius 1 is 1.29 bits per heavy atom. The molecule has 1 aromatic heterocycles. The van der Waals surface area contributed by atoms with Crippen molar-refractivity contribution in [2.75, 3.05) is 13.1 Å². The van der Waals surface area contributed by atoms with Gasteiger partial charge in [0.1, 0.15) is 0 Å². The first-order valence-electron chi connectivity index (χ1n) is 9.35. The van der Waals surface area contributed by atoms with Crippen LogP contribution in [0.3, 0.4) is 0 Å². The Hall–Kier alpha value is -1.46. The number of rotatable bonds is 4. The number of hydrogen-bond acceptors (Lipinski definition) is 4. The largest absolute Gasteiger partial charge is 0.391 e. The minimum Gasteiger partial charge on any atom is -0.391 e. The Labute approximate surface area is 144 Å². The second-order valence-corrected chi connectivity index (χ2v) is 7.09. The molecule has 0 aromatic carbocycles. The monoisotopic (exact) mass is 331 g/mol. The molecule has 2 atom stereocenters. The van der Waals surface area contributed by atoms with Crippen LogP contribution in [0.4, 0.5) is 0 Å². The standard InChI is InChI=1S/C19H29N3O2/c1-2-14-13-20-10-7-16(14)19(24)21-15-8-11-22(12-9-15)17-5-3-4-6-18(17)23/h7,10,13,15,17-18,23H,2-6,8-9,11-12H2,1H3,(H,21,24). The van der Waals surface area contributed by atoms with E-state index in [0.29, 0.717) is 6.04 Å². The van der Waals surface area contributed by atoms with E-state index in [9.17, 15) is 9.90 Å². The molecule has 0 spiro atoms. The summed E-state index contributed by atoms with van der Waals surface area (Å²) in [6.07, 6.45) is 10.4. The quantitative estimate of drug-likeness (QED) is 0.887. The Morgan fingerprint density at radius 3 is 2.75 bits per heavy atom. The van der Waals surface area contributed by atoms with E-state index in [2.05, 4.69) is 15.2 Å². The molecular weight excluding hydrogens is 302 g/mol. The van der Waals surface area contributed by atoms with Crippen molar-refractivity contribution < 1.29 is 9.90 Å². The minimum atomic E-state index is -0.172. The normalized spacial score (nSPS) is 26.2. The topological polar surface area (TPSA) is 65.5 Å². The maximum Gasteiger partial charge on any atom is 0.251 e. The highest BCUT2D eigenvalue weighted by molar-refractivity contribution is 5.95. The molecule has 1 aliphatic heterocycles. The van der Waals surface area contributed by atoms with Crippen LogP contribution in [0.15, 0.2) is 18.5 Å². The number of carbonyl (C=O) groups excluding carboxylic acids is 1. The Balaban J connectivity index is 1.52. The summed E-state index contributed by atoms with van der Waals surface area (Å²) in [5, 5.41) is 13.4. The van der Waals surface area contributed by atoms with Crippen molar-refractivity contribution in [1.82, 2.24) is 15.2 Å². The molecule has 2 aliphatic rings. The molecule has 24 heavy (non-hydrogen) atoms. The molecule has 1 amide bonds. The van der Waals surface area contributed by atoms with Gasteiger partial charge in [0.2, 0.25) is 0 Å². The van der Waals surface area contributed by atoms with Gasteiger partial charge in [-0.25, -0.2) is 0 Å². The van der Waals surface area contributed by atoms with Gasteiger partial charge in [-0.05, 0) is 43.7 Å². The fourth-order valence-corrected chi connectivity index (χ4v) is 4.09. The summed E-state index contributed by atoms with van der Waals surface area (Å²) in [4.78, 5) is 19.1. The molecule has 2 heterocycles. The van der Waals surface area contributed by atoms with E-state index < -0.39 is 0 Å². The van der Waals surface area contributed by atoms with Crippen molar-refractivity contribution in [2.24, 2.45) is 0 Å². The summed E-state index contributed by atoms with van der Waals surface area (Å²) in [5.74, 6) is 0.0189. The van der Waals surface area contributed by atoms with E-state index >= 15 is 0 Å². The van der Waals surface area contributed by atoms with E-state index in [0.717, 1.165) is 62.7 Å². The number of nitrogens with zero attached hydrogens (tertiary/aromatic N) is 2. The van der Waals surface area contributed by atoms with Crippen LogP contribution in [0, 0.1) is 0 Å². The summed E-state index contributed by atoms with van der Waals surface area (Å²) in [7, 11) is 0. The van der Waals surface area contributed by atoms with Gasteiger partial charge in [0.05, 0.1) is 6.10 Å². The number of aliphatic hydroxyl groups excluding tert-OH is 1. The molecule has 132 valence electrons. The lowest BCUT2D eigenvalue weighted by atomic mass is 9.89. The van der Waals surface area contributed by atoms with Crippen LogP contribution >= 0.6 is 0 Å². The Morgan fingerprint density at radius 2 is 2.04 bits per heavy atom. The van der Waals surface area contributed by atoms with Crippen molar-refractivity contribution in [1.29, 1.82) is 0 Å². The maximum atomic E-state index is 12.5. The molecule has 5 heteroatoms. The van der Waals surface area contributed by atoms with Crippen LogP contribution in [0.2, 0.25) is 0 Å². The highest BCUT2D eigenvalue weighted by Crippen LogP contribution is 2.26. The van der Waals surface area contributed by atoms with Crippen LogP contribution in [0.25, 0.3) is 0 Å². The van der Waals surface area contributed by atoms with Gasteiger partial charge < -0.3 is 10.4 Å². The summed E-state index contributed by atoms with van der Waals surface area (Å²) in [6, 6.07) is 2.36. The lowest BCUT2D eigenvalue weighted by Gasteiger charge is -2.41. The van der Waals surface area contributed by atoms with Crippen LogP contribution in [0.1, 0.15) is 61.4 Å². The van der Waals surface area contributed by atoms with E-state index in [1.54, 1.807) is 12.4 Å². The Bertz CT molecular complexity index is 555. The molecule has 1 saturated heterocycles. The fourth-order valence-electron chi connectivity index (χ4n) is 4.09. The van der Waals surface area contributed by atoms with Gasteiger partial charge in [0.25, 0.3) is 5.91 Å². The fraction of sp³-hybridized carbons (Fsp3) is 0.684. The smallest absolute Gasteiger partial charge is 0.251 e. The summed E-state index contributed by atoms with van der Waals surface area (Å²) >= 11 is 0. The molecule has 1 saturated carbocycles. The second kappa shape index (κ2) is 8.08. The average Bonchev–Trinajstić information content (AvgIpc) is 2.63. The zero-order valence-corrected chi connectivity index (χ0v) is 14.6. The van der Waals surface area contributed by atoms with Crippen molar-refractivity contribution in [3.63, 3.8) is 0 Å². The number of aliphatic hydroxyl groups is 1. The molecule has 2 unspecified atom stereocenters. The van der Waals surface area contributed by atoms with Crippen LogP contribution in [-0.4, -0.2) is 52.2 Å². The first-order valence-corrected chi connectivity index (χ1v) is 9.35. The Kier molecular flexibility index (Phi) is 5.85. The molecule has 0 bridgehead atoms. The van der Waals surface area contributed by atoms with Gasteiger partial charge in [-0.2, -0.15) is 0 Å². The number of hydrogen-bond donors (Lipinski definition) is 2. The van der Waals surface area contributed by atoms with Crippen molar-refractivity contribution in [3.05, 3.63) is 29.6 Å². The van der Waals surface area contributed by atoms with Crippen LogP contribution in [-0.2, 0) is 6.42 Å². The number of amides is 1. The lowest BCUT2D eigenvalue weighted by molar-refractivity contribution is 0.00727. The first kappa shape index (κ1) is 17.4. The van der Waals surface area contributed by atoms with Gasteiger partial charge in [-0.1, -0.05) is 19.8 Å². The highest BCUT2D eigenvalue weighted by atomic mass is 16.3. The van der Waals surface area contributed by atoms with E-state index in [-0.39, 0.29) is 18.1 Å². The molecule has 1 aliphatic carbocycles. The molecule has 2 N–H and O–H groups in total. The number of carbonyl (C=O) groups is 1. The van der Waals surface area contributed by atoms with Crippen molar-refractivity contribution >= 4 is 5.91 Å². The zero-order chi connectivity index (χ0) is 16.9. The first-order chi connectivity index (χ1) is 11.7. The number of piperidine rings is 1. The van der Waals surface area contributed by atoms with E-state index in [4.69, 9.17) is 0 Å². The van der Waals surface area contributed by atoms with Gasteiger partial charge in [-0.3, -0.25) is 14.7 Å². The number of nitrogens with one attached hydrogen (secondary N) is 1. The SMILES string of the molecule is CCc1cnccc1C(=O)NC1CCN(C2CCCCC2O)CC1. The van der Waals surface area contributed by atoms with Crippen LogP contribution < -0.4 is 5.32 Å². The minimum absolute atomic E-state index is 0.0189. The van der Waals surface area contributed by atoms with Gasteiger partial charge >= 0.3 is 0 Å². The van der Waals surface area contributed by atoms with E-state index in [1.165, 1.54) is 6.42 Å². The molecule has 1 aromatic rings. The third-order valence-corrected chi connectivity index (χ3v) is 5.56. The summed E-state index contributed by atoms with van der Waals surface area (Å²) in [5.41, 5.74) is 1.75. The number of aryl methyl sites for hydroxylation is 1.